The van der Waals surface area contributed by atoms with Crippen molar-refractivity contribution in [3.05, 3.63) is 35.7 Å². The highest BCUT2D eigenvalue weighted by Crippen LogP contribution is 2.22. The van der Waals surface area contributed by atoms with E-state index in [1.165, 1.54) is 24.9 Å². The minimum absolute atomic E-state index is 0.443. The van der Waals surface area contributed by atoms with Gasteiger partial charge in [-0.15, -0.1) is 5.10 Å². The van der Waals surface area contributed by atoms with Gasteiger partial charge in [-0.05, 0) is 55.9 Å². The molecule has 1 aromatic carbocycles. The number of piperidine rings is 1. The number of rotatable bonds is 5. The summed E-state index contributed by atoms with van der Waals surface area (Å²) in [5, 5.41) is 8.19. The highest BCUT2D eigenvalue weighted by atomic mass is 16.1. The lowest BCUT2D eigenvalue weighted by Gasteiger charge is -2.28. The van der Waals surface area contributed by atoms with E-state index in [1.807, 2.05) is 0 Å². The molecule has 0 radical (unpaired) electrons. The zero-order valence-corrected chi connectivity index (χ0v) is 13.9. The molecule has 5 heteroatoms. The summed E-state index contributed by atoms with van der Waals surface area (Å²) >= 11 is 0. The summed E-state index contributed by atoms with van der Waals surface area (Å²) in [7, 11) is 0. The number of aromatic nitrogens is 3. The lowest BCUT2D eigenvalue weighted by molar-refractivity contribution is 0.111. The second kappa shape index (κ2) is 6.94. The molecular formula is C18H24N4O. The molecule has 0 spiro atoms. The van der Waals surface area contributed by atoms with Gasteiger partial charge in [0.15, 0.2) is 6.29 Å². The van der Waals surface area contributed by atoms with E-state index in [2.05, 4.69) is 53.3 Å². The fraction of sp³-hybridized carbons (Fsp3) is 0.500. The maximum absolute atomic E-state index is 11.2. The van der Waals surface area contributed by atoms with Gasteiger partial charge in [-0.2, -0.15) is 0 Å². The number of carbonyl (C=O) groups excluding carboxylic acids is 1. The van der Waals surface area contributed by atoms with Gasteiger partial charge in [0.1, 0.15) is 5.69 Å². The van der Waals surface area contributed by atoms with Crippen LogP contribution in [0.5, 0.6) is 0 Å². The van der Waals surface area contributed by atoms with Crippen LogP contribution in [0.2, 0.25) is 0 Å². The summed E-state index contributed by atoms with van der Waals surface area (Å²) in [4.78, 5) is 13.6. The third-order valence-electron chi connectivity index (χ3n) is 4.32. The third kappa shape index (κ3) is 3.44. The fourth-order valence-corrected chi connectivity index (χ4v) is 3.15. The highest BCUT2D eigenvalue weighted by molar-refractivity contribution is 5.73. The molecule has 0 aliphatic carbocycles. The summed E-state index contributed by atoms with van der Waals surface area (Å²) in [5.41, 5.74) is 3.55. The van der Waals surface area contributed by atoms with Gasteiger partial charge in [-0.3, -0.25) is 4.79 Å². The van der Waals surface area contributed by atoms with Crippen LogP contribution in [0.25, 0.3) is 5.69 Å². The topological polar surface area (TPSA) is 51.0 Å². The van der Waals surface area contributed by atoms with Crippen LogP contribution in [0, 0.1) is 5.92 Å². The van der Waals surface area contributed by atoms with Gasteiger partial charge in [0.05, 0.1) is 11.4 Å². The summed E-state index contributed by atoms with van der Waals surface area (Å²) < 4.78 is 1.80. The summed E-state index contributed by atoms with van der Waals surface area (Å²) in [5.74, 6) is 0.443. The van der Waals surface area contributed by atoms with E-state index in [-0.39, 0.29) is 0 Å². The van der Waals surface area contributed by atoms with Crippen LogP contribution in [0.3, 0.4) is 0 Å². The Labute approximate surface area is 137 Å². The molecule has 1 aliphatic rings. The smallest absolute Gasteiger partial charge is 0.172 e. The summed E-state index contributed by atoms with van der Waals surface area (Å²) in [6.45, 7) is 6.53. The number of nitrogens with zero attached hydrogens (tertiary/aromatic N) is 4. The minimum Gasteiger partial charge on any atom is -0.372 e. The molecule has 2 aromatic rings. The van der Waals surface area contributed by atoms with E-state index in [9.17, 15) is 4.79 Å². The Morgan fingerprint density at radius 3 is 2.35 bits per heavy atom. The molecular weight excluding hydrogens is 288 g/mol. The molecule has 5 nitrogen and oxygen atoms in total. The Morgan fingerprint density at radius 2 is 1.74 bits per heavy atom. The number of carbonyl (C=O) groups is 1. The van der Waals surface area contributed by atoms with Crippen molar-refractivity contribution in [3.63, 3.8) is 0 Å². The Hall–Kier alpha value is -2.17. The van der Waals surface area contributed by atoms with Crippen molar-refractivity contribution in [1.82, 2.24) is 15.0 Å². The largest absolute Gasteiger partial charge is 0.372 e. The molecule has 0 amide bonds. The van der Waals surface area contributed by atoms with Crippen LogP contribution in [0.4, 0.5) is 5.69 Å². The van der Waals surface area contributed by atoms with Crippen LogP contribution in [-0.4, -0.2) is 34.4 Å². The standard InChI is InChI=1S/C18H24N4O/c1-14(2)12-18-17(13-23)19-20-22(18)16-8-6-15(7-9-16)21-10-4-3-5-11-21/h6-9,13-14H,3-5,10-12H2,1-2H3. The molecule has 23 heavy (non-hydrogen) atoms. The molecule has 0 atom stereocenters. The molecule has 122 valence electrons. The van der Waals surface area contributed by atoms with Gasteiger partial charge < -0.3 is 4.90 Å². The zero-order valence-electron chi connectivity index (χ0n) is 13.9. The molecule has 1 fully saturated rings. The zero-order chi connectivity index (χ0) is 16.2. The van der Waals surface area contributed by atoms with Crippen molar-refractivity contribution >= 4 is 12.0 Å². The van der Waals surface area contributed by atoms with E-state index >= 15 is 0 Å². The van der Waals surface area contributed by atoms with Gasteiger partial charge in [0, 0.05) is 18.8 Å². The number of aldehydes is 1. The molecule has 2 heterocycles. The number of anilines is 1. The van der Waals surface area contributed by atoms with Gasteiger partial charge in [-0.25, -0.2) is 4.68 Å². The maximum Gasteiger partial charge on any atom is 0.172 e. The molecule has 1 aliphatic heterocycles. The number of benzene rings is 1. The second-order valence-corrected chi connectivity index (χ2v) is 6.61. The van der Waals surface area contributed by atoms with Crippen LogP contribution in [0.15, 0.2) is 24.3 Å². The van der Waals surface area contributed by atoms with Crippen molar-refractivity contribution in [3.8, 4) is 5.69 Å². The molecule has 0 bridgehead atoms. The maximum atomic E-state index is 11.2. The first-order valence-corrected chi connectivity index (χ1v) is 8.44. The molecule has 0 N–H and O–H groups in total. The minimum atomic E-state index is 0.443. The third-order valence-corrected chi connectivity index (χ3v) is 4.32. The first-order valence-electron chi connectivity index (χ1n) is 8.44. The van der Waals surface area contributed by atoms with Crippen molar-refractivity contribution in [2.24, 2.45) is 5.92 Å². The van der Waals surface area contributed by atoms with E-state index < -0.39 is 0 Å². The average molecular weight is 312 g/mol. The normalized spacial score (nSPS) is 15.2. The summed E-state index contributed by atoms with van der Waals surface area (Å²) in [6.07, 6.45) is 5.46. The van der Waals surface area contributed by atoms with E-state index in [0.29, 0.717) is 11.6 Å². The SMILES string of the molecule is CC(C)Cc1c(C=O)nnn1-c1ccc(N2CCCCC2)cc1. The Bertz CT molecular complexity index is 654. The first kappa shape index (κ1) is 15.7. The fourth-order valence-electron chi connectivity index (χ4n) is 3.15. The Balaban J connectivity index is 1.87. The summed E-state index contributed by atoms with van der Waals surface area (Å²) in [6, 6.07) is 8.41. The van der Waals surface area contributed by atoms with Crippen molar-refractivity contribution < 1.29 is 4.79 Å². The first-order chi connectivity index (χ1) is 11.2. The van der Waals surface area contributed by atoms with Crippen molar-refractivity contribution in [2.45, 2.75) is 39.5 Å². The Morgan fingerprint density at radius 1 is 1.09 bits per heavy atom. The van der Waals surface area contributed by atoms with Crippen LogP contribution in [0.1, 0.15) is 49.3 Å². The lowest BCUT2D eigenvalue weighted by atomic mass is 10.1. The lowest BCUT2D eigenvalue weighted by Crippen LogP contribution is -2.29. The molecule has 0 saturated carbocycles. The van der Waals surface area contributed by atoms with Gasteiger partial charge in [0.25, 0.3) is 0 Å². The van der Waals surface area contributed by atoms with Gasteiger partial charge in [-0.1, -0.05) is 19.1 Å². The number of hydrogen-bond acceptors (Lipinski definition) is 4. The number of hydrogen-bond donors (Lipinski definition) is 0. The average Bonchev–Trinajstić information content (AvgIpc) is 2.98. The second-order valence-electron chi connectivity index (χ2n) is 6.61. The molecule has 1 aromatic heterocycles. The highest BCUT2D eigenvalue weighted by Gasteiger charge is 2.16. The molecule has 0 unspecified atom stereocenters. The van der Waals surface area contributed by atoms with Crippen LogP contribution >= 0.6 is 0 Å². The molecule has 3 rings (SSSR count). The van der Waals surface area contributed by atoms with Crippen molar-refractivity contribution in [1.29, 1.82) is 0 Å². The van der Waals surface area contributed by atoms with E-state index in [1.54, 1.807) is 4.68 Å². The van der Waals surface area contributed by atoms with Crippen LogP contribution < -0.4 is 4.90 Å². The monoisotopic (exact) mass is 312 g/mol. The van der Waals surface area contributed by atoms with E-state index in [0.717, 1.165) is 37.2 Å². The molecule has 1 saturated heterocycles. The van der Waals surface area contributed by atoms with Gasteiger partial charge >= 0.3 is 0 Å². The van der Waals surface area contributed by atoms with Crippen molar-refractivity contribution in [2.75, 3.05) is 18.0 Å². The quantitative estimate of drug-likeness (QED) is 0.795. The van der Waals surface area contributed by atoms with Gasteiger partial charge in [0.2, 0.25) is 0 Å². The van der Waals surface area contributed by atoms with E-state index in [4.69, 9.17) is 0 Å². The predicted molar refractivity (Wildman–Crippen MR) is 91.4 cm³/mol. The predicted octanol–water partition coefficient (Wildman–Crippen LogP) is 3.27. The van der Waals surface area contributed by atoms with Crippen LogP contribution in [-0.2, 0) is 6.42 Å². The Kier molecular flexibility index (Phi) is 4.74.